The van der Waals surface area contributed by atoms with Crippen LogP contribution >= 0.6 is 0 Å². The molecule has 1 unspecified atom stereocenters. The number of aliphatic hydroxyl groups is 1. The van der Waals surface area contributed by atoms with E-state index in [1.54, 1.807) is 17.0 Å². The summed E-state index contributed by atoms with van der Waals surface area (Å²) >= 11 is 0. The molecule has 3 atom stereocenters. The molecule has 0 spiro atoms. The number of nitrogens with one attached hydrogen (secondary N) is 1. The Labute approximate surface area is 307 Å². The van der Waals surface area contributed by atoms with Crippen molar-refractivity contribution in [2.75, 3.05) is 18.1 Å². The van der Waals surface area contributed by atoms with Gasteiger partial charge in [-0.15, -0.1) is 0 Å². The fraction of sp³-hybridized carbons (Fsp3) is 0.400. The number of hydrogen-bond donors (Lipinski definition) is 2. The van der Waals surface area contributed by atoms with Crippen LogP contribution in [-0.4, -0.2) is 62.9 Å². The Balaban J connectivity index is 1.31. The highest BCUT2D eigenvalue weighted by Gasteiger charge is 2.48. The maximum Gasteiger partial charge on any atom is 0.303 e. The third kappa shape index (κ3) is 10.8. The molecule has 1 amide bonds. The second kappa shape index (κ2) is 17.9. The molecule has 53 heavy (non-hydrogen) atoms. The van der Waals surface area contributed by atoms with Gasteiger partial charge in [0.2, 0.25) is 5.91 Å². The van der Waals surface area contributed by atoms with Gasteiger partial charge in [-0.3, -0.25) is 24.3 Å². The van der Waals surface area contributed by atoms with Gasteiger partial charge in [0, 0.05) is 32.9 Å². The summed E-state index contributed by atoms with van der Waals surface area (Å²) in [6.07, 6.45) is 4.44. The molecule has 1 fully saturated rings. The first-order valence-corrected chi connectivity index (χ1v) is 17.7. The van der Waals surface area contributed by atoms with Crippen LogP contribution in [0.15, 0.2) is 79.1 Å². The lowest BCUT2D eigenvalue weighted by atomic mass is 9.78. The Hall–Kier alpha value is -5.43. The average molecular weight is 729 g/mol. The van der Waals surface area contributed by atoms with Crippen molar-refractivity contribution in [1.29, 1.82) is 0 Å². The minimum atomic E-state index is -1.51. The summed E-state index contributed by atoms with van der Waals surface area (Å²) in [7, 11) is 0. The molecule has 2 N–H and O–H groups in total. The normalized spacial score (nSPS) is 16.1. The van der Waals surface area contributed by atoms with Crippen LogP contribution in [0.5, 0.6) is 0 Å². The Morgan fingerprint density at radius 1 is 0.868 bits per heavy atom. The van der Waals surface area contributed by atoms with Gasteiger partial charge in [-0.25, -0.2) is 9.37 Å². The average Bonchev–Trinajstić information content (AvgIpc) is 3.66. The van der Waals surface area contributed by atoms with Crippen molar-refractivity contribution in [3.05, 3.63) is 113 Å². The number of H-pyrrole nitrogens is 1. The standard InChI is InChI=1S/C40H45FN4O8/c1-26(46)51-23-40(50,24-52-27(2)47)22-4-5-29-6-11-32(12-7-29)38-35(19-20-36(53-28(3)48)31-13-15-33(41)16-14-31)39(49)45(38)34-17-8-30(9-18-34)10-21-37-42-25-43-44-37/h6-9,11-18,25,35-36,38,50H,4-5,10,19-24H2,1-3H3,(H,42,43,44)/t35?,36-,38+/m0/s1. The molecule has 0 aliphatic carbocycles. The van der Waals surface area contributed by atoms with Gasteiger partial charge in [-0.1, -0.05) is 48.5 Å². The van der Waals surface area contributed by atoms with Crippen LogP contribution in [0.25, 0.3) is 0 Å². The first kappa shape index (κ1) is 38.8. The van der Waals surface area contributed by atoms with Gasteiger partial charge in [-0.2, -0.15) is 5.10 Å². The van der Waals surface area contributed by atoms with E-state index in [1.165, 1.54) is 39.2 Å². The van der Waals surface area contributed by atoms with E-state index in [-0.39, 0.29) is 31.6 Å². The van der Waals surface area contributed by atoms with Crippen LogP contribution in [0.2, 0.25) is 0 Å². The molecule has 13 heteroatoms. The van der Waals surface area contributed by atoms with E-state index in [4.69, 9.17) is 14.2 Å². The van der Waals surface area contributed by atoms with Crippen LogP contribution in [0.4, 0.5) is 10.1 Å². The molecule has 4 aromatic rings. The number of aromatic nitrogens is 3. The summed E-state index contributed by atoms with van der Waals surface area (Å²) in [6, 6.07) is 21.4. The minimum absolute atomic E-state index is 0.0472. The molecule has 2 heterocycles. The van der Waals surface area contributed by atoms with Crippen molar-refractivity contribution in [3.8, 4) is 0 Å². The lowest BCUT2D eigenvalue weighted by molar-refractivity contribution is -0.161. The van der Waals surface area contributed by atoms with E-state index in [1.807, 2.05) is 48.5 Å². The van der Waals surface area contributed by atoms with Crippen molar-refractivity contribution in [2.24, 2.45) is 5.92 Å². The molecule has 1 aliphatic rings. The highest BCUT2D eigenvalue weighted by Crippen LogP contribution is 2.46. The fourth-order valence-electron chi connectivity index (χ4n) is 6.60. The second-order valence-electron chi connectivity index (χ2n) is 13.5. The Morgan fingerprint density at radius 2 is 1.49 bits per heavy atom. The van der Waals surface area contributed by atoms with E-state index >= 15 is 0 Å². The molecule has 5 rings (SSSR count). The fourth-order valence-corrected chi connectivity index (χ4v) is 6.60. The van der Waals surface area contributed by atoms with Gasteiger partial charge in [0.1, 0.15) is 42.9 Å². The monoisotopic (exact) mass is 728 g/mol. The molecular weight excluding hydrogens is 683 g/mol. The van der Waals surface area contributed by atoms with Crippen LogP contribution in [-0.2, 0) is 52.7 Å². The zero-order valence-electron chi connectivity index (χ0n) is 30.1. The SMILES string of the molecule is CC(=O)OCC(O)(CCCc1ccc([C@@H]2C(CC[C@H](OC(C)=O)c3ccc(F)cc3)C(=O)N2c2ccc(CCc3ncn[nH]3)cc2)cc1)COC(C)=O. The number of ether oxygens (including phenoxy) is 3. The number of nitrogens with zero attached hydrogens (tertiary/aromatic N) is 3. The van der Waals surface area contributed by atoms with Crippen molar-refractivity contribution < 1.29 is 42.9 Å². The number of anilines is 1. The van der Waals surface area contributed by atoms with Crippen molar-refractivity contribution in [1.82, 2.24) is 15.2 Å². The van der Waals surface area contributed by atoms with Crippen molar-refractivity contribution >= 4 is 29.5 Å². The zero-order chi connectivity index (χ0) is 38.0. The quantitative estimate of drug-likeness (QED) is 0.0739. The Morgan fingerprint density at radius 3 is 2.08 bits per heavy atom. The van der Waals surface area contributed by atoms with Gasteiger partial charge in [0.15, 0.2) is 0 Å². The van der Waals surface area contributed by atoms with E-state index < -0.39 is 41.3 Å². The minimum Gasteiger partial charge on any atom is -0.463 e. The number of esters is 3. The number of benzene rings is 3. The van der Waals surface area contributed by atoms with Crippen LogP contribution < -0.4 is 4.90 Å². The number of carbonyl (C=O) groups is 4. The number of β-lactam (4-membered cyclic amide) rings is 1. The summed E-state index contributed by atoms with van der Waals surface area (Å²) in [5, 5.41) is 17.8. The maximum absolute atomic E-state index is 13.9. The highest BCUT2D eigenvalue weighted by atomic mass is 19.1. The van der Waals surface area contributed by atoms with E-state index in [9.17, 15) is 28.7 Å². The smallest absolute Gasteiger partial charge is 0.303 e. The second-order valence-corrected chi connectivity index (χ2v) is 13.5. The zero-order valence-corrected chi connectivity index (χ0v) is 30.1. The van der Waals surface area contributed by atoms with E-state index in [0.29, 0.717) is 37.7 Å². The molecule has 1 saturated heterocycles. The molecule has 0 radical (unpaired) electrons. The number of halogens is 1. The van der Waals surface area contributed by atoms with Gasteiger partial charge < -0.3 is 24.2 Å². The molecule has 1 aromatic heterocycles. The summed E-state index contributed by atoms with van der Waals surface area (Å²) in [5.74, 6) is -1.60. The first-order valence-electron chi connectivity index (χ1n) is 17.7. The Bertz CT molecular complexity index is 1810. The predicted molar refractivity (Wildman–Crippen MR) is 192 cm³/mol. The number of aromatic amines is 1. The summed E-state index contributed by atoms with van der Waals surface area (Å²) < 4.78 is 29.3. The lowest BCUT2D eigenvalue weighted by Gasteiger charge is -2.48. The number of rotatable bonds is 18. The van der Waals surface area contributed by atoms with Crippen molar-refractivity contribution in [2.45, 2.75) is 83.5 Å². The predicted octanol–water partition coefficient (Wildman–Crippen LogP) is 5.70. The topological polar surface area (TPSA) is 161 Å². The van der Waals surface area contributed by atoms with Crippen LogP contribution in [0.3, 0.4) is 0 Å². The molecule has 0 saturated carbocycles. The van der Waals surface area contributed by atoms with E-state index in [2.05, 4.69) is 15.2 Å². The third-order valence-electron chi connectivity index (χ3n) is 9.35. The molecule has 1 aliphatic heterocycles. The van der Waals surface area contributed by atoms with Gasteiger partial charge >= 0.3 is 17.9 Å². The van der Waals surface area contributed by atoms with Crippen molar-refractivity contribution in [3.63, 3.8) is 0 Å². The number of carbonyl (C=O) groups excluding carboxylic acids is 4. The number of aryl methyl sites for hydroxylation is 3. The summed E-state index contributed by atoms with van der Waals surface area (Å²) in [5.41, 5.74) is 2.91. The number of amides is 1. The maximum atomic E-state index is 13.9. The van der Waals surface area contributed by atoms with Gasteiger partial charge in [-0.05, 0) is 85.0 Å². The molecule has 12 nitrogen and oxygen atoms in total. The third-order valence-corrected chi connectivity index (χ3v) is 9.35. The molecule has 3 aromatic carbocycles. The van der Waals surface area contributed by atoms with E-state index in [0.717, 1.165) is 34.6 Å². The molecule has 280 valence electrons. The van der Waals surface area contributed by atoms with Gasteiger partial charge in [0.25, 0.3) is 0 Å². The number of hydrogen-bond acceptors (Lipinski definition) is 10. The van der Waals surface area contributed by atoms with Crippen LogP contribution in [0, 0.1) is 11.7 Å². The largest absolute Gasteiger partial charge is 0.463 e. The van der Waals surface area contributed by atoms with Crippen LogP contribution in [0.1, 0.15) is 86.7 Å². The molecular formula is C40H45FN4O8. The van der Waals surface area contributed by atoms with Gasteiger partial charge in [0.05, 0.1) is 12.0 Å². The highest BCUT2D eigenvalue weighted by molar-refractivity contribution is 6.03. The lowest BCUT2D eigenvalue weighted by Crippen LogP contribution is -2.55. The Kier molecular flexibility index (Phi) is 13.1. The first-order chi connectivity index (χ1) is 25.4. The summed E-state index contributed by atoms with van der Waals surface area (Å²) in [6.45, 7) is 3.24. The summed E-state index contributed by atoms with van der Waals surface area (Å²) in [4.78, 5) is 54.6. The molecule has 0 bridgehead atoms.